The molecule has 0 aromatic heterocycles. The van der Waals surface area contributed by atoms with Crippen molar-refractivity contribution in [2.24, 2.45) is 0 Å². The summed E-state index contributed by atoms with van der Waals surface area (Å²) in [5, 5.41) is 3.32. The van der Waals surface area contributed by atoms with Gasteiger partial charge in [-0.2, -0.15) is 0 Å². The molecular formula is C38H38ClN5O5. The highest BCUT2D eigenvalue weighted by atomic mass is 35.5. The Bertz CT molecular complexity index is 1890. The van der Waals surface area contributed by atoms with Gasteiger partial charge in [0.25, 0.3) is 11.8 Å². The molecule has 0 spiro atoms. The van der Waals surface area contributed by atoms with E-state index >= 15 is 0 Å². The highest BCUT2D eigenvalue weighted by molar-refractivity contribution is 6.31. The number of hydrogen-bond donors (Lipinski definition) is 1. The first-order valence-corrected chi connectivity index (χ1v) is 16.5. The zero-order valence-corrected chi connectivity index (χ0v) is 28.4. The lowest BCUT2D eigenvalue weighted by atomic mass is 9.98. The van der Waals surface area contributed by atoms with Crippen molar-refractivity contribution in [3.8, 4) is 16.9 Å². The van der Waals surface area contributed by atoms with Gasteiger partial charge in [-0.25, -0.2) is 0 Å². The number of nitrogens with one attached hydrogen (secondary N) is 1. The van der Waals surface area contributed by atoms with E-state index in [9.17, 15) is 19.2 Å². The fourth-order valence-electron chi connectivity index (χ4n) is 6.34. The lowest BCUT2D eigenvalue weighted by molar-refractivity contribution is -0.123. The number of amides is 3. The van der Waals surface area contributed by atoms with Crippen LogP contribution in [0.2, 0.25) is 5.02 Å². The number of methoxy groups -OCH3 is 1. The van der Waals surface area contributed by atoms with Crippen LogP contribution in [-0.2, 0) is 9.59 Å². The molecule has 4 aromatic rings. The standard InChI is InChI=1S/C38H38ClN5O5/c1-25-8-10-26(11-9-25)29-6-4-5-7-30(29)37(47)40-31-14-12-27(22-34(31)49-3)38(48)43-17-16-36(46)44(33-23-28(39)13-15-32(33)43)35(24-45)42-20-18-41(2)19-21-42/h4-15,22-24,35H,16-21H2,1-3H3,(H,40,47). The van der Waals surface area contributed by atoms with E-state index in [4.69, 9.17) is 16.3 Å². The number of piperazine rings is 1. The highest BCUT2D eigenvalue weighted by Gasteiger charge is 2.37. The van der Waals surface area contributed by atoms with Gasteiger partial charge in [-0.05, 0) is 67.6 Å². The van der Waals surface area contributed by atoms with Gasteiger partial charge in [0, 0.05) is 55.3 Å². The molecule has 0 saturated carbocycles. The van der Waals surface area contributed by atoms with Crippen molar-refractivity contribution in [3.05, 3.63) is 107 Å². The number of benzene rings is 4. The maximum absolute atomic E-state index is 14.2. The summed E-state index contributed by atoms with van der Waals surface area (Å²) in [7, 11) is 3.49. The number of fused-ring (bicyclic) bond motifs is 1. The van der Waals surface area contributed by atoms with Gasteiger partial charge < -0.3 is 19.9 Å². The summed E-state index contributed by atoms with van der Waals surface area (Å²) >= 11 is 6.43. The molecule has 10 nitrogen and oxygen atoms in total. The average Bonchev–Trinajstić information content (AvgIpc) is 3.25. The number of carbonyl (C=O) groups is 4. The van der Waals surface area contributed by atoms with Gasteiger partial charge in [0.15, 0.2) is 6.29 Å². The molecule has 0 radical (unpaired) electrons. The number of ether oxygens (including phenoxy) is 1. The van der Waals surface area contributed by atoms with E-state index in [0.717, 1.165) is 36.1 Å². The number of carbonyl (C=O) groups excluding carboxylic acids is 4. The summed E-state index contributed by atoms with van der Waals surface area (Å²) in [6, 6.07) is 25.1. The van der Waals surface area contributed by atoms with E-state index < -0.39 is 6.17 Å². The van der Waals surface area contributed by atoms with Crippen molar-refractivity contribution in [1.82, 2.24) is 9.80 Å². The first-order chi connectivity index (χ1) is 23.7. The molecule has 1 N–H and O–H groups in total. The zero-order chi connectivity index (χ0) is 34.7. The highest BCUT2D eigenvalue weighted by Crippen LogP contribution is 2.38. The second kappa shape index (κ2) is 14.6. The summed E-state index contributed by atoms with van der Waals surface area (Å²) in [5.41, 5.74) is 4.87. The summed E-state index contributed by atoms with van der Waals surface area (Å²) < 4.78 is 5.64. The topological polar surface area (TPSA) is 102 Å². The Morgan fingerprint density at radius 2 is 1.63 bits per heavy atom. The molecular weight excluding hydrogens is 642 g/mol. The fraction of sp³-hybridized carbons (Fsp3) is 0.263. The Morgan fingerprint density at radius 3 is 2.35 bits per heavy atom. The van der Waals surface area contributed by atoms with Crippen molar-refractivity contribution in [2.75, 3.05) is 62.0 Å². The number of aldehydes is 1. The number of likely N-dealkylation sites (N-methyl/N-ethyl adjacent to an activating group) is 1. The molecule has 6 rings (SSSR count). The van der Waals surface area contributed by atoms with E-state index in [2.05, 4.69) is 10.2 Å². The van der Waals surface area contributed by atoms with Crippen LogP contribution in [0.3, 0.4) is 0 Å². The number of halogens is 1. The molecule has 11 heteroatoms. The number of anilines is 3. The third-order valence-electron chi connectivity index (χ3n) is 9.08. The van der Waals surface area contributed by atoms with Crippen LogP contribution >= 0.6 is 11.6 Å². The number of aryl methyl sites for hydroxylation is 1. The van der Waals surface area contributed by atoms with Gasteiger partial charge in [0.05, 0.1) is 24.2 Å². The molecule has 0 aliphatic carbocycles. The third kappa shape index (κ3) is 7.07. The fourth-order valence-corrected chi connectivity index (χ4v) is 6.50. The lowest BCUT2D eigenvalue weighted by Gasteiger charge is -2.40. The summed E-state index contributed by atoms with van der Waals surface area (Å²) in [5.74, 6) is -0.680. The summed E-state index contributed by atoms with van der Waals surface area (Å²) in [6.07, 6.45) is -0.0582. The second-order valence-electron chi connectivity index (χ2n) is 12.3. The van der Waals surface area contributed by atoms with Crippen LogP contribution in [0.25, 0.3) is 11.1 Å². The maximum Gasteiger partial charge on any atom is 0.258 e. The number of rotatable bonds is 8. The monoisotopic (exact) mass is 679 g/mol. The molecule has 1 atom stereocenters. The van der Waals surface area contributed by atoms with Crippen LogP contribution in [0.1, 0.15) is 32.7 Å². The van der Waals surface area contributed by atoms with E-state index in [1.807, 2.05) is 61.3 Å². The molecule has 1 unspecified atom stereocenters. The van der Waals surface area contributed by atoms with Crippen molar-refractivity contribution in [3.63, 3.8) is 0 Å². The first-order valence-electron chi connectivity index (χ1n) is 16.2. The van der Waals surface area contributed by atoms with Crippen molar-refractivity contribution in [2.45, 2.75) is 19.5 Å². The average molecular weight is 680 g/mol. The molecule has 2 aliphatic heterocycles. The molecule has 49 heavy (non-hydrogen) atoms. The zero-order valence-electron chi connectivity index (χ0n) is 27.7. The quantitative estimate of drug-likeness (QED) is 0.237. The van der Waals surface area contributed by atoms with Crippen LogP contribution in [0, 0.1) is 6.92 Å². The van der Waals surface area contributed by atoms with Crippen LogP contribution in [0.4, 0.5) is 17.1 Å². The van der Waals surface area contributed by atoms with E-state index in [1.165, 1.54) is 16.9 Å². The van der Waals surface area contributed by atoms with Crippen molar-refractivity contribution >= 4 is 52.7 Å². The maximum atomic E-state index is 14.2. The minimum Gasteiger partial charge on any atom is -0.495 e. The van der Waals surface area contributed by atoms with Gasteiger partial charge in [-0.15, -0.1) is 0 Å². The Hall–Kier alpha value is -5.03. The first kappa shape index (κ1) is 33.9. The van der Waals surface area contributed by atoms with E-state index in [0.29, 0.717) is 52.1 Å². The molecule has 1 saturated heterocycles. The summed E-state index contributed by atoms with van der Waals surface area (Å²) in [4.78, 5) is 61.1. The molecule has 1 fully saturated rings. The summed E-state index contributed by atoms with van der Waals surface area (Å²) in [6.45, 7) is 4.85. The third-order valence-corrected chi connectivity index (χ3v) is 9.32. The normalized spacial score (nSPS) is 16.0. The second-order valence-corrected chi connectivity index (χ2v) is 12.7. The van der Waals surface area contributed by atoms with Crippen LogP contribution in [0.15, 0.2) is 84.9 Å². The molecule has 252 valence electrons. The van der Waals surface area contributed by atoms with Gasteiger partial charge in [0.2, 0.25) is 5.91 Å². The molecule has 4 aromatic carbocycles. The molecule has 2 aliphatic rings. The van der Waals surface area contributed by atoms with Gasteiger partial charge in [0.1, 0.15) is 11.9 Å². The SMILES string of the molecule is COc1cc(C(=O)N2CCC(=O)N(C(C=O)N3CCN(C)CC3)c3cc(Cl)ccc32)ccc1NC(=O)c1ccccc1-c1ccc(C)cc1. The lowest BCUT2D eigenvalue weighted by Crippen LogP contribution is -2.57. The van der Waals surface area contributed by atoms with E-state index in [1.54, 1.807) is 42.5 Å². The van der Waals surface area contributed by atoms with Crippen LogP contribution in [-0.4, -0.2) is 86.9 Å². The van der Waals surface area contributed by atoms with Gasteiger partial charge >= 0.3 is 0 Å². The minimum absolute atomic E-state index is 0.00178. The van der Waals surface area contributed by atoms with Crippen molar-refractivity contribution in [1.29, 1.82) is 0 Å². The van der Waals surface area contributed by atoms with Crippen molar-refractivity contribution < 1.29 is 23.9 Å². The molecule has 2 heterocycles. The Labute approximate surface area is 290 Å². The van der Waals surface area contributed by atoms with Crippen LogP contribution in [0.5, 0.6) is 5.75 Å². The Kier molecular flexibility index (Phi) is 10.1. The van der Waals surface area contributed by atoms with Gasteiger partial charge in [-0.3, -0.25) is 29.0 Å². The molecule has 3 amide bonds. The smallest absolute Gasteiger partial charge is 0.258 e. The van der Waals surface area contributed by atoms with Gasteiger partial charge in [-0.1, -0.05) is 59.6 Å². The predicted octanol–water partition coefficient (Wildman–Crippen LogP) is 5.73. The predicted molar refractivity (Wildman–Crippen MR) is 192 cm³/mol. The number of nitrogens with zero attached hydrogens (tertiary/aromatic N) is 4. The largest absolute Gasteiger partial charge is 0.495 e. The van der Waals surface area contributed by atoms with Crippen LogP contribution < -0.4 is 19.9 Å². The Morgan fingerprint density at radius 1 is 0.898 bits per heavy atom. The molecule has 0 bridgehead atoms. The minimum atomic E-state index is -0.840. The van der Waals surface area contributed by atoms with E-state index in [-0.39, 0.29) is 30.7 Å². The Balaban J connectivity index is 1.28. The number of hydrogen-bond acceptors (Lipinski definition) is 7.